The highest BCUT2D eigenvalue weighted by Gasteiger charge is 2.49. The molecule has 0 heteroatoms. The van der Waals surface area contributed by atoms with E-state index in [1.54, 1.807) is 0 Å². The van der Waals surface area contributed by atoms with Crippen molar-refractivity contribution < 1.29 is 0 Å². The summed E-state index contributed by atoms with van der Waals surface area (Å²) >= 11 is 0. The van der Waals surface area contributed by atoms with E-state index in [1.807, 2.05) is 0 Å². The minimum absolute atomic E-state index is 0.526. The van der Waals surface area contributed by atoms with Gasteiger partial charge in [-0.1, -0.05) is 41.0 Å². The normalized spacial score (nSPS) is 37.4. The molecule has 2 unspecified atom stereocenters. The van der Waals surface area contributed by atoms with Gasteiger partial charge < -0.3 is 0 Å². The molecule has 0 amide bonds. The first-order valence-electron chi connectivity index (χ1n) is 4.87. The number of hydrogen-bond donors (Lipinski definition) is 0. The van der Waals surface area contributed by atoms with Gasteiger partial charge in [-0.3, -0.25) is 0 Å². The lowest BCUT2D eigenvalue weighted by atomic mass is 9.82. The first-order chi connectivity index (χ1) is 4.87. The molecule has 1 rings (SSSR count). The molecule has 0 N–H and O–H groups in total. The zero-order chi connectivity index (χ0) is 8.70. The summed E-state index contributed by atoms with van der Waals surface area (Å²) in [6.45, 7) is 11.8. The SMILES string of the molecule is CCC1CC1(C)CC(C)(C)C. The zero-order valence-electron chi connectivity index (χ0n) is 8.70. The molecule has 0 bridgehead atoms. The third-order valence-corrected chi connectivity index (χ3v) is 2.97. The topological polar surface area (TPSA) is 0 Å². The lowest BCUT2D eigenvalue weighted by molar-refractivity contribution is 0.275. The van der Waals surface area contributed by atoms with Gasteiger partial charge in [-0.15, -0.1) is 0 Å². The first kappa shape index (κ1) is 9.09. The Morgan fingerprint density at radius 3 is 2.18 bits per heavy atom. The van der Waals surface area contributed by atoms with Gasteiger partial charge in [0.2, 0.25) is 0 Å². The third kappa shape index (κ3) is 2.21. The Morgan fingerprint density at radius 1 is 1.36 bits per heavy atom. The van der Waals surface area contributed by atoms with Crippen molar-refractivity contribution >= 4 is 0 Å². The van der Waals surface area contributed by atoms with Crippen molar-refractivity contribution in [3.8, 4) is 0 Å². The second-order valence-corrected chi connectivity index (χ2v) is 5.70. The van der Waals surface area contributed by atoms with Crippen LogP contribution >= 0.6 is 0 Å². The van der Waals surface area contributed by atoms with E-state index in [1.165, 1.54) is 19.3 Å². The fourth-order valence-corrected chi connectivity index (χ4v) is 2.57. The summed E-state index contributed by atoms with van der Waals surface area (Å²) in [7, 11) is 0. The van der Waals surface area contributed by atoms with Crippen LogP contribution < -0.4 is 0 Å². The van der Waals surface area contributed by atoms with Crippen molar-refractivity contribution in [2.24, 2.45) is 16.7 Å². The molecule has 0 aromatic heterocycles. The van der Waals surface area contributed by atoms with Crippen LogP contribution in [0, 0.1) is 16.7 Å². The predicted octanol–water partition coefficient (Wildman–Crippen LogP) is 3.86. The zero-order valence-corrected chi connectivity index (χ0v) is 8.70. The van der Waals surface area contributed by atoms with Crippen molar-refractivity contribution in [1.29, 1.82) is 0 Å². The quantitative estimate of drug-likeness (QED) is 0.566. The molecule has 0 heterocycles. The molecule has 0 radical (unpaired) electrons. The van der Waals surface area contributed by atoms with Gasteiger partial charge in [0.05, 0.1) is 0 Å². The molecular formula is C11H22. The van der Waals surface area contributed by atoms with E-state index in [2.05, 4.69) is 34.6 Å². The maximum absolute atomic E-state index is 2.45. The molecule has 0 spiro atoms. The Hall–Kier alpha value is 0. The Labute approximate surface area is 71.4 Å². The number of hydrogen-bond acceptors (Lipinski definition) is 0. The molecule has 1 fully saturated rings. The van der Waals surface area contributed by atoms with Crippen LogP contribution in [0.3, 0.4) is 0 Å². The summed E-state index contributed by atoms with van der Waals surface area (Å²) in [6, 6.07) is 0. The van der Waals surface area contributed by atoms with Crippen LogP contribution in [0.2, 0.25) is 0 Å². The lowest BCUT2D eigenvalue weighted by Gasteiger charge is -2.23. The average molecular weight is 154 g/mol. The summed E-state index contributed by atoms with van der Waals surface area (Å²) in [5.74, 6) is 1.03. The minimum atomic E-state index is 0.526. The van der Waals surface area contributed by atoms with Gasteiger partial charge >= 0.3 is 0 Å². The van der Waals surface area contributed by atoms with Crippen LogP contribution in [0.4, 0.5) is 0 Å². The van der Waals surface area contributed by atoms with E-state index >= 15 is 0 Å². The number of rotatable bonds is 2. The van der Waals surface area contributed by atoms with Crippen molar-refractivity contribution in [2.45, 2.75) is 53.9 Å². The second kappa shape index (κ2) is 2.50. The molecule has 0 nitrogen and oxygen atoms in total. The van der Waals surface area contributed by atoms with Crippen LogP contribution in [0.25, 0.3) is 0 Å². The molecule has 0 aromatic rings. The molecule has 0 aliphatic heterocycles. The molecule has 66 valence electrons. The van der Waals surface area contributed by atoms with E-state index in [4.69, 9.17) is 0 Å². The van der Waals surface area contributed by atoms with Gasteiger partial charge in [0, 0.05) is 0 Å². The highest BCUT2D eigenvalue weighted by atomic mass is 14.5. The van der Waals surface area contributed by atoms with Gasteiger partial charge in [0.25, 0.3) is 0 Å². The van der Waals surface area contributed by atoms with Crippen LogP contribution in [0.5, 0.6) is 0 Å². The van der Waals surface area contributed by atoms with Crippen molar-refractivity contribution in [3.05, 3.63) is 0 Å². The monoisotopic (exact) mass is 154 g/mol. The average Bonchev–Trinajstić information content (AvgIpc) is 2.36. The fourth-order valence-electron chi connectivity index (χ4n) is 2.57. The fraction of sp³-hybridized carbons (Fsp3) is 1.00. The Kier molecular flexibility index (Phi) is 2.07. The summed E-state index contributed by atoms with van der Waals surface area (Å²) in [6.07, 6.45) is 4.26. The Morgan fingerprint density at radius 2 is 1.91 bits per heavy atom. The van der Waals surface area contributed by atoms with Gasteiger partial charge in [-0.25, -0.2) is 0 Å². The summed E-state index contributed by atoms with van der Waals surface area (Å²) in [4.78, 5) is 0. The molecule has 0 aromatic carbocycles. The highest BCUT2D eigenvalue weighted by Crippen LogP contribution is 2.59. The molecule has 1 aliphatic rings. The van der Waals surface area contributed by atoms with Crippen molar-refractivity contribution in [3.63, 3.8) is 0 Å². The third-order valence-electron chi connectivity index (χ3n) is 2.97. The molecule has 1 saturated carbocycles. The van der Waals surface area contributed by atoms with E-state index < -0.39 is 0 Å². The second-order valence-electron chi connectivity index (χ2n) is 5.70. The predicted molar refractivity (Wildman–Crippen MR) is 50.6 cm³/mol. The van der Waals surface area contributed by atoms with Gasteiger partial charge in [0.1, 0.15) is 0 Å². The van der Waals surface area contributed by atoms with E-state index in [9.17, 15) is 0 Å². The Balaban J connectivity index is 2.40. The molecule has 11 heavy (non-hydrogen) atoms. The van der Waals surface area contributed by atoms with Crippen molar-refractivity contribution in [2.75, 3.05) is 0 Å². The van der Waals surface area contributed by atoms with Gasteiger partial charge in [-0.2, -0.15) is 0 Å². The Bertz CT molecular complexity index is 141. The maximum Gasteiger partial charge on any atom is -0.0290 e. The van der Waals surface area contributed by atoms with Gasteiger partial charge in [0.15, 0.2) is 0 Å². The molecule has 1 aliphatic carbocycles. The summed E-state index contributed by atoms with van der Waals surface area (Å²) < 4.78 is 0. The van der Waals surface area contributed by atoms with Crippen molar-refractivity contribution in [1.82, 2.24) is 0 Å². The molecule has 0 saturated heterocycles. The maximum atomic E-state index is 2.45. The van der Waals surface area contributed by atoms with E-state index in [0.717, 1.165) is 5.92 Å². The van der Waals surface area contributed by atoms with Crippen LogP contribution in [-0.2, 0) is 0 Å². The van der Waals surface area contributed by atoms with E-state index in [-0.39, 0.29) is 0 Å². The molecular weight excluding hydrogens is 132 g/mol. The van der Waals surface area contributed by atoms with Crippen LogP contribution in [0.15, 0.2) is 0 Å². The largest absolute Gasteiger partial charge is 0.0651 e. The lowest BCUT2D eigenvalue weighted by Crippen LogP contribution is -2.13. The smallest absolute Gasteiger partial charge is 0.0290 e. The van der Waals surface area contributed by atoms with Crippen LogP contribution in [-0.4, -0.2) is 0 Å². The standard InChI is InChI=1S/C11H22/c1-6-9-7-11(9,5)8-10(2,3)4/h9H,6-8H2,1-5H3. The first-order valence-corrected chi connectivity index (χ1v) is 4.87. The summed E-state index contributed by atoms with van der Waals surface area (Å²) in [5.41, 5.74) is 1.23. The van der Waals surface area contributed by atoms with Gasteiger partial charge in [-0.05, 0) is 29.6 Å². The molecule has 2 atom stereocenters. The minimum Gasteiger partial charge on any atom is -0.0651 e. The van der Waals surface area contributed by atoms with Crippen LogP contribution in [0.1, 0.15) is 53.9 Å². The summed E-state index contributed by atoms with van der Waals surface area (Å²) in [5, 5.41) is 0. The van der Waals surface area contributed by atoms with E-state index in [0.29, 0.717) is 10.8 Å². The highest BCUT2D eigenvalue weighted by molar-refractivity contribution is 4.99.